The van der Waals surface area contributed by atoms with E-state index in [0.717, 1.165) is 24.9 Å². The van der Waals surface area contributed by atoms with Crippen molar-refractivity contribution in [3.63, 3.8) is 0 Å². The Morgan fingerprint density at radius 1 is 1.13 bits per heavy atom. The van der Waals surface area contributed by atoms with E-state index in [-0.39, 0.29) is 11.8 Å². The Bertz CT molecular complexity index is 1040. The highest BCUT2D eigenvalue weighted by molar-refractivity contribution is 6.35. The topological polar surface area (TPSA) is 71.3 Å². The van der Waals surface area contributed by atoms with Crippen molar-refractivity contribution >= 4 is 46.4 Å². The molecule has 9 heteroatoms. The Morgan fingerprint density at radius 2 is 1.93 bits per heavy atom. The number of anilines is 1. The highest BCUT2D eigenvalue weighted by atomic mass is 35.5. The van der Waals surface area contributed by atoms with Crippen LogP contribution in [0.3, 0.4) is 0 Å². The zero-order valence-electron chi connectivity index (χ0n) is 15.9. The number of likely N-dealkylation sites (tertiary alicyclic amines) is 1. The van der Waals surface area contributed by atoms with E-state index in [2.05, 4.69) is 20.4 Å². The normalized spacial score (nSPS) is 17.1. The second-order valence-corrected chi connectivity index (χ2v) is 8.55. The Hall–Kier alpha value is -2.12. The van der Waals surface area contributed by atoms with Gasteiger partial charge in [0.25, 0.3) is 0 Å². The van der Waals surface area contributed by atoms with Gasteiger partial charge >= 0.3 is 0 Å². The lowest BCUT2D eigenvalue weighted by atomic mass is 9.97. The van der Waals surface area contributed by atoms with E-state index < -0.39 is 0 Å². The summed E-state index contributed by atoms with van der Waals surface area (Å²) in [4.78, 5) is 19.3. The van der Waals surface area contributed by atoms with Gasteiger partial charge in [0.05, 0.1) is 12.5 Å². The molecule has 1 amide bonds. The van der Waals surface area contributed by atoms with Gasteiger partial charge in [-0.1, -0.05) is 52.1 Å². The number of rotatable bonds is 5. The first-order chi connectivity index (χ1) is 14.5. The van der Waals surface area contributed by atoms with Gasteiger partial charge in [0.2, 0.25) is 17.6 Å². The Morgan fingerprint density at radius 3 is 2.70 bits per heavy atom. The Kier molecular flexibility index (Phi) is 6.58. The van der Waals surface area contributed by atoms with Crippen LogP contribution < -0.4 is 5.32 Å². The molecule has 3 aromatic rings. The van der Waals surface area contributed by atoms with Gasteiger partial charge in [0.1, 0.15) is 0 Å². The van der Waals surface area contributed by atoms with Crippen molar-refractivity contribution in [1.29, 1.82) is 0 Å². The molecule has 0 saturated carbocycles. The lowest BCUT2D eigenvalue weighted by Crippen LogP contribution is -2.40. The quantitative estimate of drug-likeness (QED) is 0.535. The predicted octanol–water partition coefficient (Wildman–Crippen LogP) is 5.55. The molecule has 0 radical (unpaired) electrons. The first kappa shape index (κ1) is 21.1. The summed E-state index contributed by atoms with van der Waals surface area (Å²) >= 11 is 18.1. The zero-order chi connectivity index (χ0) is 21.1. The summed E-state index contributed by atoms with van der Waals surface area (Å²) in [5.74, 6) is 0.805. The Balaban J connectivity index is 1.38. The number of amides is 1. The van der Waals surface area contributed by atoms with E-state index in [1.807, 2.05) is 12.1 Å². The molecule has 4 rings (SSSR count). The fourth-order valence-electron chi connectivity index (χ4n) is 3.54. The molecule has 2 aromatic carbocycles. The number of piperidine rings is 1. The molecule has 1 aromatic heterocycles. The maximum absolute atomic E-state index is 12.7. The summed E-state index contributed by atoms with van der Waals surface area (Å²) in [5.41, 5.74) is 1.39. The third-order valence-electron chi connectivity index (χ3n) is 4.92. The van der Waals surface area contributed by atoms with Crippen LogP contribution in [0.25, 0.3) is 11.4 Å². The number of hydrogen-bond acceptors (Lipinski definition) is 5. The van der Waals surface area contributed by atoms with E-state index >= 15 is 0 Å². The predicted molar refractivity (Wildman–Crippen MR) is 118 cm³/mol. The highest BCUT2D eigenvalue weighted by Crippen LogP contribution is 2.25. The summed E-state index contributed by atoms with van der Waals surface area (Å²) in [6, 6.07) is 12.3. The molecule has 2 heterocycles. The molecule has 0 aliphatic carbocycles. The molecule has 1 aliphatic heterocycles. The fraction of sp³-hybridized carbons (Fsp3) is 0.286. The number of carbonyl (C=O) groups is 1. The summed E-state index contributed by atoms with van der Waals surface area (Å²) in [6.45, 7) is 1.96. The number of aromatic nitrogens is 2. The maximum Gasteiger partial charge on any atom is 0.241 e. The lowest BCUT2D eigenvalue weighted by Gasteiger charge is -2.30. The van der Waals surface area contributed by atoms with Gasteiger partial charge in [-0.2, -0.15) is 4.98 Å². The first-order valence-electron chi connectivity index (χ1n) is 9.54. The van der Waals surface area contributed by atoms with Crippen LogP contribution in [0.1, 0.15) is 18.7 Å². The average Bonchev–Trinajstić information content (AvgIpc) is 3.16. The van der Waals surface area contributed by atoms with Crippen LogP contribution in [0.5, 0.6) is 0 Å². The van der Waals surface area contributed by atoms with Gasteiger partial charge in [0.15, 0.2) is 0 Å². The second-order valence-electron chi connectivity index (χ2n) is 7.24. The molecule has 1 unspecified atom stereocenters. The van der Waals surface area contributed by atoms with Crippen LogP contribution >= 0.6 is 34.8 Å². The standard InChI is InChI=1S/C21H19Cl3N4O2/c22-15-5-1-3-13(7-15)20-26-19(30-27-20)12-28-6-2-4-14(11-28)21(29)25-18-9-16(23)8-17(24)10-18/h1,3,5,7-10,14H,2,4,6,11-12H2,(H,25,29). The molecule has 1 fully saturated rings. The van der Waals surface area contributed by atoms with E-state index in [9.17, 15) is 4.79 Å². The summed E-state index contributed by atoms with van der Waals surface area (Å²) in [5, 5.41) is 8.53. The van der Waals surface area contributed by atoms with Crippen molar-refractivity contribution < 1.29 is 9.32 Å². The van der Waals surface area contributed by atoms with Crippen molar-refractivity contribution in [1.82, 2.24) is 15.0 Å². The molecule has 30 heavy (non-hydrogen) atoms. The minimum Gasteiger partial charge on any atom is -0.338 e. The monoisotopic (exact) mass is 464 g/mol. The molecule has 156 valence electrons. The van der Waals surface area contributed by atoms with E-state index in [1.165, 1.54) is 0 Å². The first-order valence-corrected chi connectivity index (χ1v) is 10.7. The summed E-state index contributed by atoms with van der Waals surface area (Å²) in [7, 11) is 0. The van der Waals surface area contributed by atoms with Gasteiger partial charge in [0, 0.05) is 32.9 Å². The molecule has 1 aliphatic rings. The SMILES string of the molecule is O=C(Nc1cc(Cl)cc(Cl)c1)C1CCCN(Cc2nc(-c3cccc(Cl)c3)no2)C1. The van der Waals surface area contributed by atoms with Crippen molar-refractivity contribution in [3.8, 4) is 11.4 Å². The number of carbonyl (C=O) groups excluding carboxylic acids is 1. The zero-order valence-corrected chi connectivity index (χ0v) is 18.2. The van der Waals surface area contributed by atoms with Crippen molar-refractivity contribution in [2.75, 3.05) is 18.4 Å². The fourth-order valence-corrected chi connectivity index (χ4v) is 4.26. The molecule has 6 nitrogen and oxygen atoms in total. The van der Waals surface area contributed by atoms with Crippen molar-refractivity contribution in [3.05, 3.63) is 63.4 Å². The van der Waals surface area contributed by atoms with Crippen LogP contribution in [0.2, 0.25) is 15.1 Å². The maximum atomic E-state index is 12.7. The minimum absolute atomic E-state index is 0.0526. The average molecular weight is 466 g/mol. The lowest BCUT2D eigenvalue weighted by molar-refractivity contribution is -0.121. The van der Waals surface area contributed by atoms with E-state index in [0.29, 0.717) is 45.6 Å². The van der Waals surface area contributed by atoms with Crippen LogP contribution in [-0.4, -0.2) is 34.0 Å². The van der Waals surface area contributed by atoms with Gasteiger partial charge in [-0.15, -0.1) is 0 Å². The number of benzene rings is 2. The highest BCUT2D eigenvalue weighted by Gasteiger charge is 2.27. The number of nitrogens with one attached hydrogen (secondary N) is 1. The van der Waals surface area contributed by atoms with Crippen LogP contribution in [0.4, 0.5) is 5.69 Å². The summed E-state index contributed by atoms with van der Waals surface area (Å²) in [6.07, 6.45) is 1.72. The summed E-state index contributed by atoms with van der Waals surface area (Å²) < 4.78 is 5.40. The number of nitrogens with zero attached hydrogens (tertiary/aromatic N) is 3. The molecule has 1 atom stereocenters. The third-order valence-corrected chi connectivity index (χ3v) is 5.59. The minimum atomic E-state index is -0.146. The van der Waals surface area contributed by atoms with Gasteiger partial charge in [-0.05, 0) is 49.7 Å². The van der Waals surface area contributed by atoms with E-state index in [4.69, 9.17) is 39.3 Å². The van der Waals surface area contributed by atoms with Gasteiger partial charge < -0.3 is 9.84 Å². The molecule has 1 N–H and O–H groups in total. The third kappa shape index (κ3) is 5.32. The smallest absolute Gasteiger partial charge is 0.241 e. The van der Waals surface area contributed by atoms with E-state index in [1.54, 1.807) is 30.3 Å². The molecule has 0 bridgehead atoms. The van der Waals surface area contributed by atoms with Crippen molar-refractivity contribution in [2.24, 2.45) is 5.92 Å². The number of hydrogen-bond donors (Lipinski definition) is 1. The second kappa shape index (κ2) is 9.35. The van der Waals surface area contributed by atoms with Crippen LogP contribution in [-0.2, 0) is 11.3 Å². The largest absolute Gasteiger partial charge is 0.338 e. The molecule has 0 spiro atoms. The van der Waals surface area contributed by atoms with Crippen LogP contribution in [0.15, 0.2) is 47.0 Å². The Labute approximate surface area is 189 Å². The van der Waals surface area contributed by atoms with Crippen LogP contribution in [0, 0.1) is 5.92 Å². The number of halogens is 3. The molecular formula is C21H19Cl3N4O2. The molecule has 1 saturated heterocycles. The van der Waals surface area contributed by atoms with Crippen molar-refractivity contribution in [2.45, 2.75) is 19.4 Å². The van der Waals surface area contributed by atoms with Gasteiger partial charge in [-0.3, -0.25) is 9.69 Å². The van der Waals surface area contributed by atoms with Gasteiger partial charge in [-0.25, -0.2) is 0 Å². The molecular weight excluding hydrogens is 447 g/mol.